The average Bonchev–Trinajstić information content (AvgIpc) is 2.71. The number of ketones is 1. The van der Waals surface area contributed by atoms with E-state index in [1.54, 1.807) is 31.0 Å². The first-order chi connectivity index (χ1) is 13.1. The summed E-state index contributed by atoms with van der Waals surface area (Å²) in [5, 5.41) is 0. The molecule has 0 N–H and O–H groups in total. The number of allylic oxidation sites excluding steroid dienone is 1. The Balaban J connectivity index is 2.38. The van der Waals surface area contributed by atoms with Crippen LogP contribution in [-0.4, -0.2) is 40.0 Å². The molecule has 2 aromatic rings. The van der Waals surface area contributed by atoms with Gasteiger partial charge >= 0.3 is 0 Å². The fraction of sp³-hybridized carbons (Fsp3) is 0.286. The van der Waals surface area contributed by atoms with Gasteiger partial charge in [-0.25, -0.2) is 0 Å². The zero-order valence-corrected chi connectivity index (χ0v) is 17.0. The second kappa shape index (κ2) is 9.92. The molecule has 0 saturated heterocycles. The Morgan fingerprint density at radius 1 is 0.926 bits per heavy atom. The van der Waals surface area contributed by atoms with Crippen molar-refractivity contribution in [3.63, 3.8) is 0 Å². The molecule has 0 spiro atoms. The van der Waals surface area contributed by atoms with Crippen molar-refractivity contribution in [2.45, 2.75) is 11.8 Å². The van der Waals surface area contributed by atoms with Crippen molar-refractivity contribution >= 4 is 23.6 Å². The van der Waals surface area contributed by atoms with E-state index < -0.39 is 0 Å². The lowest BCUT2D eigenvalue weighted by Gasteiger charge is -2.17. The van der Waals surface area contributed by atoms with E-state index in [0.29, 0.717) is 34.1 Å². The highest BCUT2D eigenvalue weighted by Crippen LogP contribution is 2.45. The standard InChI is InChI=1S/C21H24O5S/c1-6-27-15-9-7-14(8-10-15)17(22)12-11-16-18(23-2)13-19(24-3)21(26-5)20(16)25-4/h7-13H,6H2,1-5H3/b12-11+. The number of carbonyl (C=O) groups is 1. The number of ether oxygens (including phenoxy) is 4. The molecule has 144 valence electrons. The maximum atomic E-state index is 12.5. The van der Waals surface area contributed by atoms with Gasteiger partial charge in [-0.3, -0.25) is 4.79 Å². The van der Waals surface area contributed by atoms with Crippen LogP contribution in [0.1, 0.15) is 22.8 Å². The maximum Gasteiger partial charge on any atom is 0.204 e. The SMILES string of the molecule is CCSc1ccc(C(=O)/C=C/c2c(OC)cc(OC)c(OC)c2OC)cc1. The number of hydrogen-bond donors (Lipinski definition) is 0. The maximum absolute atomic E-state index is 12.5. The first-order valence-corrected chi connectivity index (χ1v) is 9.40. The van der Waals surface area contributed by atoms with Crippen molar-refractivity contribution in [2.75, 3.05) is 34.2 Å². The Bertz CT molecular complexity index is 812. The number of thioether (sulfide) groups is 1. The highest BCUT2D eigenvalue weighted by molar-refractivity contribution is 7.99. The molecule has 0 fully saturated rings. The van der Waals surface area contributed by atoms with Crippen molar-refractivity contribution in [1.82, 2.24) is 0 Å². The molecule has 2 aromatic carbocycles. The Kier molecular flexibility index (Phi) is 7.61. The first kappa shape index (κ1) is 20.7. The second-order valence-electron chi connectivity index (χ2n) is 5.42. The third kappa shape index (κ3) is 4.77. The van der Waals surface area contributed by atoms with Gasteiger partial charge in [0.2, 0.25) is 5.75 Å². The smallest absolute Gasteiger partial charge is 0.204 e. The molecule has 0 aliphatic carbocycles. The molecule has 2 rings (SSSR count). The summed E-state index contributed by atoms with van der Waals surface area (Å²) in [5.41, 5.74) is 1.22. The Hall–Kier alpha value is -2.60. The van der Waals surface area contributed by atoms with E-state index in [-0.39, 0.29) is 5.78 Å². The second-order valence-corrected chi connectivity index (χ2v) is 6.75. The molecule has 27 heavy (non-hydrogen) atoms. The van der Waals surface area contributed by atoms with Gasteiger partial charge in [0.1, 0.15) is 5.75 Å². The average molecular weight is 388 g/mol. The van der Waals surface area contributed by atoms with Gasteiger partial charge in [-0.05, 0) is 42.2 Å². The Morgan fingerprint density at radius 2 is 1.56 bits per heavy atom. The highest BCUT2D eigenvalue weighted by atomic mass is 32.2. The van der Waals surface area contributed by atoms with Crippen LogP contribution in [0.5, 0.6) is 23.0 Å². The summed E-state index contributed by atoms with van der Waals surface area (Å²) in [7, 11) is 6.14. The van der Waals surface area contributed by atoms with Crippen LogP contribution in [0.15, 0.2) is 41.3 Å². The third-order valence-corrected chi connectivity index (χ3v) is 4.80. The van der Waals surface area contributed by atoms with Crippen LogP contribution in [0.25, 0.3) is 6.08 Å². The van der Waals surface area contributed by atoms with Gasteiger partial charge in [0.25, 0.3) is 0 Å². The molecule has 0 aromatic heterocycles. The van der Waals surface area contributed by atoms with Crippen LogP contribution >= 0.6 is 11.8 Å². The van der Waals surface area contributed by atoms with E-state index in [1.165, 1.54) is 27.4 Å². The van der Waals surface area contributed by atoms with Gasteiger partial charge in [-0.15, -0.1) is 11.8 Å². The topological polar surface area (TPSA) is 54.0 Å². The molecule has 0 aliphatic rings. The quantitative estimate of drug-likeness (QED) is 0.352. The van der Waals surface area contributed by atoms with E-state index in [9.17, 15) is 4.79 Å². The summed E-state index contributed by atoms with van der Waals surface area (Å²) >= 11 is 1.74. The lowest BCUT2D eigenvalue weighted by molar-refractivity contribution is 0.104. The van der Waals surface area contributed by atoms with Gasteiger partial charge in [0.15, 0.2) is 17.3 Å². The van der Waals surface area contributed by atoms with Gasteiger partial charge < -0.3 is 18.9 Å². The van der Waals surface area contributed by atoms with E-state index in [2.05, 4.69) is 6.92 Å². The fourth-order valence-corrected chi connectivity index (χ4v) is 3.28. The molecule has 6 heteroatoms. The van der Waals surface area contributed by atoms with Gasteiger partial charge in [-0.1, -0.05) is 6.92 Å². The zero-order valence-electron chi connectivity index (χ0n) is 16.2. The fourth-order valence-electron chi connectivity index (χ4n) is 2.62. The van der Waals surface area contributed by atoms with Crippen molar-refractivity contribution < 1.29 is 23.7 Å². The van der Waals surface area contributed by atoms with Crippen LogP contribution in [-0.2, 0) is 0 Å². The van der Waals surface area contributed by atoms with E-state index in [4.69, 9.17) is 18.9 Å². The summed E-state index contributed by atoms with van der Waals surface area (Å²) < 4.78 is 21.6. The minimum atomic E-state index is -0.109. The van der Waals surface area contributed by atoms with Gasteiger partial charge in [0.05, 0.1) is 34.0 Å². The molecule has 0 atom stereocenters. The molecule has 0 bridgehead atoms. The van der Waals surface area contributed by atoms with Crippen molar-refractivity contribution in [2.24, 2.45) is 0 Å². The van der Waals surface area contributed by atoms with Crippen molar-refractivity contribution in [3.8, 4) is 23.0 Å². The molecule has 0 heterocycles. The van der Waals surface area contributed by atoms with Crippen LogP contribution < -0.4 is 18.9 Å². The first-order valence-electron chi connectivity index (χ1n) is 8.41. The van der Waals surface area contributed by atoms with Crippen LogP contribution in [0, 0.1) is 0 Å². The number of methoxy groups -OCH3 is 4. The zero-order chi connectivity index (χ0) is 19.8. The third-order valence-electron chi connectivity index (χ3n) is 3.90. The summed E-state index contributed by atoms with van der Waals surface area (Å²) in [6.07, 6.45) is 3.16. The molecule has 0 aliphatic heterocycles. The number of carbonyl (C=O) groups excluding carboxylic acids is 1. The van der Waals surface area contributed by atoms with Crippen LogP contribution in [0.3, 0.4) is 0 Å². The van der Waals surface area contributed by atoms with E-state index in [0.717, 1.165) is 10.6 Å². The molecule has 0 unspecified atom stereocenters. The molecule has 0 saturated carbocycles. The monoisotopic (exact) mass is 388 g/mol. The number of hydrogen-bond acceptors (Lipinski definition) is 6. The summed E-state index contributed by atoms with van der Waals surface area (Å²) in [4.78, 5) is 13.7. The molecule has 0 amide bonds. The van der Waals surface area contributed by atoms with Crippen molar-refractivity contribution in [3.05, 3.63) is 47.5 Å². The molecular formula is C21H24O5S. The molecule has 5 nitrogen and oxygen atoms in total. The lowest BCUT2D eigenvalue weighted by Crippen LogP contribution is -2.00. The van der Waals surface area contributed by atoms with Crippen molar-refractivity contribution in [1.29, 1.82) is 0 Å². The lowest BCUT2D eigenvalue weighted by atomic mass is 10.1. The van der Waals surface area contributed by atoms with Gasteiger partial charge in [0, 0.05) is 16.5 Å². The summed E-state index contributed by atoms with van der Waals surface area (Å²) in [6, 6.07) is 9.25. The molecular weight excluding hydrogens is 364 g/mol. The van der Waals surface area contributed by atoms with Gasteiger partial charge in [-0.2, -0.15) is 0 Å². The van der Waals surface area contributed by atoms with Crippen LogP contribution in [0.2, 0.25) is 0 Å². The highest BCUT2D eigenvalue weighted by Gasteiger charge is 2.20. The van der Waals surface area contributed by atoms with E-state index >= 15 is 0 Å². The Labute approximate surface area is 164 Å². The number of benzene rings is 2. The largest absolute Gasteiger partial charge is 0.496 e. The molecule has 0 radical (unpaired) electrons. The summed E-state index contributed by atoms with van der Waals surface area (Å²) in [5.74, 6) is 2.76. The summed E-state index contributed by atoms with van der Waals surface area (Å²) in [6.45, 7) is 2.09. The van der Waals surface area contributed by atoms with Crippen LogP contribution in [0.4, 0.5) is 0 Å². The minimum absolute atomic E-state index is 0.109. The predicted octanol–water partition coefficient (Wildman–Crippen LogP) is 4.73. The normalized spacial score (nSPS) is 10.7. The predicted molar refractivity (Wildman–Crippen MR) is 109 cm³/mol. The Morgan fingerprint density at radius 3 is 2.07 bits per heavy atom. The van der Waals surface area contributed by atoms with E-state index in [1.807, 2.05) is 24.3 Å². The number of rotatable bonds is 9. The minimum Gasteiger partial charge on any atom is -0.496 e.